The Morgan fingerprint density at radius 3 is 2.35 bits per heavy atom. The maximum Gasteiger partial charge on any atom is 0.264 e. The Morgan fingerprint density at radius 2 is 1.66 bits per heavy atom. The van der Waals surface area contributed by atoms with Gasteiger partial charge in [0, 0.05) is 117 Å². The van der Waals surface area contributed by atoms with Crippen LogP contribution < -0.4 is 31.5 Å². The number of hydrogen-bond donors (Lipinski definition) is 7. The third-order valence-electron chi connectivity index (χ3n) is 13.2. The van der Waals surface area contributed by atoms with Gasteiger partial charge in [0.1, 0.15) is 11.9 Å². The van der Waals surface area contributed by atoms with Crippen molar-refractivity contribution in [2.75, 3.05) is 74.9 Å². The Bertz CT molecular complexity index is 2230. The molecule has 0 aromatic heterocycles. The number of allylic oxidation sites excluding steroid dienone is 1. The minimum absolute atomic E-state index is 0.0549. The number of rotatable bonds is 14. The topological polar surface area (TPSA) is 206 Å². The molecule has 5 aliphatic heterocycles. The summed E-state index contributed by atoms with van der Waals surface area (Å²) in [6.45, 7) is 5.53. The maximum atomic E-state index is 14.5. The van der Waals surface area contributed by atoms with Crippen LogP contribution in [0.4, 0.5) is 25.8 Å². The van der Waals surface area contributed by atoms with Gasteiger partial charge in [0.15, 0.2) is 0 Å². The van der Waals surface area contributed by atoms with Crippen LogP contribution in [0.1, 0.15) is 87.8 Å². The number of amides is 5. The van der Waals surface area contributed by atoms with Gasteiger partial charge < -0.3 is 41.4 Å². The second-order valence-corrected chi connectivity index (χ2v) is 17.7. The average Bonchev–Trinajstić information content (AvgIpc) is 3.29. The van der Waals surface area contributed by atoms with Gasteiger partial charge in [-0.15, -0.1) is 0 Å². The van der Waals surface area contributed by atoms with E-state index >= 15 is 0 Å². The van der Waals surface area contributed by atoms with E-state index in [1.807, 2.05) is 4.90 Å². The van der Waals surface area contributed by atoms with E-state index < -0.39 is 12.5 Å². The van der Waals surface area contributed by atoms with Crippen molar-refractivity contribution in [3.63, 3.8) is 0 Å². The molecule has 5 heterocycles. The van der Waals surface area contributed by atoms with Crippen molar-refractivity contribution in [2.24, 2.45) is 5.92 Å². The molecule has 0 saturated carbocycles. The first-order valence-electron chi connectivity index (χ1n) is 22.7. The number of nitrogens with one attached hydrogen (secondary N) is 7. The molecule has 0 bridgehead atoms. The Balaban J connectivity index is 0.903. The summed E-state index contributed by atoms with van der Waals surface area (Å²) in [6, 6.07) is 9.85. The van der Waals surface area contributed by atoms with Gasteiger partial charge >= 0.3 is 0 Å². The fraction of sp³-hybridized carbons (Fsp3) is 0.511. The lowest BCUT2D eigenvalue weighted by atomic mass is 9.91. The number of anilines is 3. The van der Waals surface area contributed by atoms with Crippen LogP contribution in [0.5, 0.6) is 0 Å². The second kappa shape index (κ2) is 21.2. The number of nitrogens with zero attached hydrogens (tertiary/aromatic N) is 4. The van der Waals surface area contributed by atoms with Gasteiger partial charge in [-0.2, -0.15) is 0 Å². The molecule has 65 heavy (non-hydrogen) atoms. The van der Waals surface area contributed by atoms with Crippen LogP contribution in [0.2, 0.25) is 0 Å². The predicted molar refractivity (Wildman–Crippen MR) is 246 cm³/mol. The first kappa shape index (κ1) is 46.8. The summed E-state index contributed by atoms with van der Waals surface area (Å²) in [5.74, 6) is -0.358. The third kappa shape index (κ3) is 11.6. The Kier molecular flexibility index (Phi) is 15.3. The minimum atomic E-state index is -2.79. The molecule has 348 valence electrons. The lowest BCUT2D eigenvalue weighted by Crippen LogP contribution is -2.49. The number of carbonyl (C=O) groups excluding carboxylic acids is 5. The van der Waals surface area contributed by atoms with Crippen molar-refractivity contribution in [3.05, 3.63) is 70.6 Å². The summed E-state index contributed by atoms with van der Waals surface area (Å²) in [5, 5.41) is 32.3. The fourth-order valence-electron chi connectivity index (χ4n) is 9.60. The van der Waals surface area contributed by atoms with E-state index in [9.17, 15) is 38.2 Å². The first-order valence-corrected chi connectivity index (χ1v) is 22.7. The van der Waals surface area contributed by atoms with E-state index in [2.05, 4.69) is 31.5 Å². The highest BCUT2D eigenvalue weighted by molar-refractivity contribution is 6.11. The zero-order valence-electron chi connectivity index (χ0n) is 37.2. The van der Waals surface area contributed by atoms with Crippen LogP contribution in [0.15, 0.2) is 53.9 Å². The van der Waals surface area contributed by atoms with E-state index in [-0.39, 0.29) is 78.0 Å². The van der Waals surface area contributed by atoms with E-state index in [0.717, 1.165) is 43.2 Å². The molecule has 7 rings (SSSR count). The second-order valence-electron chi connectivity index (χ2n) is 17.7. The smallest absolute Gasteiger partial charge is 0.264 e. The number of benzene rings is 2. The largest absolute Gasteiger partial charge is 0.393 e. The third-order valence-corrected chi connectivity index (χ3v) is 13.2. The summed E-state index contributed by atoms with van der Waals surface area (Å²) in [7, 11) is 1.65. The maximum absolute atomic E-state index is 14.5. The molecule has 1 atom stereocenters. The average molecular weight is 898 g/mol. The molecule has 2 aromatic rings. The standard InChI is InChI=1S/C47H61F2N11O5/c1-29(61)59-20-14-39(38(27-59)46(51)60-15-4-5-31-22-36(32(25-50)26-52-2)37(45(48)49)24-41(31)60)53-33-12-18-58(19-13-33)44(64)21-30-10-16-57(17-11-30)28-43(63)55-35-7-3-6-34(23-35)54-40-8-9-42(62)56-47(40)65/h3,6-7,22-26,30,33,40,45,50-54H,4-5,8-21,27-28H2,1-2H3,(H,55,63)(H,56,62,65)/b32-26+,50-25?,51-46?. The van der Waals surface area contributed by atoms with Crippen molar-refractivity contribution >= 4 is 64.2 Å². The zero-order valence-corrected chi connectivity index (χ0v) is 37.2. The van der Waals surface area contributed by atoms with Crippen molar-refractivity contribution in [1.82, 2.24) is 30.7 Å². The highest BCUT2D eigenvalue weighted by atomic mass is 19.3. The van der Waals surface area contributed by atoms with Gasteiger partial charge in [-0.05, 0) is 105 Å². The fourth-order valence-corrected chi connectivity index (χ4v) is 9.60. The number of fused-ring (bicyclic) bond motifs is 1. The van der Waals surface area contributed by atoms with Gasteiger partial charge in [0.25, 0.3) is 6.43 Å². The molecule has 2 aromatic carbocycles. The molecule has 5 aliphatic rings. The van der Waals surface area contributed by atoms with Crippen LogP contribution in [-0.2, 0) is 30.4 Å². The van der Waals surface area contributed by atoms with E-state index in [1.165, 1.54) is 19.2 Å². The van der Waals surface area contributed by atoms with E-state index in [0.29, 0.717) is 99.6 Å². The molecule has 18 heteroatoms. The molecule has 3 saturated heterocycles. The van der Waals surface area contributed by atoms with Crippen molar-refractivity contribution in [3.8, 4) is 0 Å². The van der Waals surface area contributed by atoms with Crippen LogP contribution in [0.3, 0.4) is 0 Å². The van der Waals surface area contributed by atoms with Crippen molar-refractivity contribution in [2.45, 2.75) is 89.6 Å². The highest BCUT2D eigenvalue weighted by Crippen LogP contribution is 2.38. The number of carbonyl (C=O) groups is 5. The van der Waals surface area contributed by atoms with Crippen molar-refractivity contribution in [1.29, 1.82) is 10.8 Å². The summed E-state index contributed by atoms with van der Waals surface area (Å²) >= 11 is 0. The number of likely N-dealkylation sites (tertiary alicyclic amines) is 2. The van der Waals surface area contributed by atoms with Gasteiger partial charge in [-0.25, -0.2) is 8.78 Å². The Hall–Kier alpha value is -6.17. The van der Waals surface area contributed by atoms with Crippen LogP contribution >= 0.6 is 0 Å². The molecule has 7 N–H and O–H groups in total. The van der Waals surface area contributed by atoms with Gasteiger partial charge in [0.05, 0.1) is 13.1 Å². The van der Waals surface area contributed by atoms with Crippen LogP contribution in [-0.4, -0.2) is 128 Å². The summed E-state index contributed by atoms with van der Waals surface area (Å²) in [4.78, 5) is 70.3. The molecule has 0 radical (unpaired) electrons. The van der Waals surface area contributed by atoms with E-state index in [1.54, 1.807) is 47.2 Å². The molecule has 16 nitrogen and oxygen atoms in total. The molecule has 5 amide bonds. The van der Waals surface area contributed by atoms with Crippen molar-refractivity contribution < 1.29 is 32.8 Å². The number of aryl methyl sites for hydroxylation is 1. The van der Waals surface area contributed by atoms with Crippen LogP contribution in [0.25, 0.3) is 5.57 Å². The van der Waals surface area contributed by atoms with Gasteiger partial charge in [-0.3, -0.25) is 39.6 Å². The SMILES string of the molecule is CN/C=C(\C=N)c1cc2c(cc1C(F)F)N(C(=N)C1=C(NC3CCN(C(=O)CC4CCN(CC(=O)Nc5cccc(NC6CCC(=O)NC6=O)c5)CC4)CC3)CCN(C(C)=O)C1)CCC2. The number of imide groups is 1. The zero-order chi connectivity index (χ0) is 46.2. The van der Waals surface area contributed by atoms with Crippen LogP contribution in [0, 0.1) is 16.7 Å². The number of alkyl halides is 2. The number of piperidine rings is 3. The minimum Gasteiger partial charge on any atom is -0.393 e. The quantitative estimate of drug-likeness (QED) is 0.0797. The Labute approximate surface area is 378 Å². The summed E-state index contributed by atoms with van der Waals surface area (Å²) < 4.78 is 29.1. The lowest BCUT2D eigenvalue weighted by molar-refractivity contribution is -0.134. The first-order chi connectivity index (χ1) is 31.3. The summed E-state index contributed by atoms with van der Waals surface area (Å²) in [5.41, 5.74) is 4.60. The van der Waals surface area contributed by atoms with E-state index in [4.69, 9.17) is 5.41 Å². The number of amidine groups is 1. The number of halogens is 2. The Morgan fingerprint density at radius 1 is 0.908 bits per heavy atom. The van der Waals surface area contributed by atoms with Gasteiger partial charge in [0.2, 0.25) is 29.5 Å². The molecule has 3 fully saturated rings. The molecule has 1 unspecified atom stereocenters. The molecule has 0 spiro atoms. The van der Waals surface area contributed by atoms with Gasteiger partial charge in [-0.1, -0.05) is 6.07 Å². The molecule has 0 aliphatic carbocycles. The predicted octanol–water partition coefficient (Wildman–Crippen LogP) is 4.61. The molecular weight excluding hydrogens is 837 g/mol. The molecular formula is C47H61F2N11O5. The highest BCUT2D eigenvalue weighted by Gasteiger charge is 2.33. The lowest BCUT2D eigenvalue weighted by Gasteiger charge is -2.39. The summed E-state index contributed by atoms with van der Waals surface area (Å²) in [6.07, 6.45) is 5.86. The normalized spacial score (nSPS) is 20.3. The number of hydrogen-bond acceptors (Lipinski definition) is 11. The monoisotopic (exact) mass is 897 g/mol.